The maximum Gasteiger partial charge on any atom is 0.404 e. The largest absolute Gasteiger partial charge is 0.465 e. The number of carbonyl (C=O) groups excluding carboxylic acids is 1. The van der Waals surface area contributed by atoms with E-state index in [1.807, 2.05) is 12.1 Å². The van der Waals surface area contributed by atoms with Crippen LogP contribution in [0.3, 0.4) is 0 Å². The molecule has 1 fully saturated rings. The SMILES string of the molecule is CC(C)(O)[C@H](F)CNC(=O)c1cnc(-c2ccc3cc(C#N)cnn23)cc1NC1CCC(NC(=O)O)CC1. The van der Waals surface area contributed by atoms with Gasteiger partial charge in [0.15, 0.2) is 0 Å². The average molecular weight is 524 g/mol. The zero-order valence-electron chi connectivity index (χ0n) is 21.1. The molecule has 0 bridgehead atoms. The van der Waals surface area contributed by atoms with Gasteiger partial charge in [0.25, 0.3) is 5.91 Å². The van der Waals surface area contributed by atoms with Gasteiger partial charge < -0.3 is 26.2 Å². The van der Waals surface area contributed by atoms with E-state index in [1.54, 1.807) is 16.6 Å². The Morgan fingerprint density at radius 2 is 1.92 bits per heavy atom. The number of pyridine rings is 1. The molecule has 0 aromatic carbocycles. The highest BCUT2D eigenvalue weighted by atomic mass is 19.1. The average Bonchev–Trinajstić information content (AvgIpc) is 3.30. The van der Waals surface area contributed by atoms with Gasteiger partial charge >= 0.3 is 6.09 Å². The molecule has 0 unspecified atom stereocenters. The van der Waals surface area contributed by atoms with Crippen molar-refractivity contribution in [3.05, 3.63) is 47.8 Å². The minimum Gasteiger partial charge on any atom is -0.465 e. The number of rotatable bonds is 8. The van der Waals surface area contributed by atoms with E-state index in [2.05, 4.69) is 32.1 Å². The molecule has 1 aliphatic carbocycles. The van der Waals surface area contributed by atoms with Crippen LogP contribution in [0.1, 0.15) is 55.5 Å². The first-order valence-corrected chi connectivity index (χ1v) is 12.3. The predicted molar refractivity (Wildman–Crippen MR) is 137 cm³/mol. The summed E-state index contributed by atoms with van der Waals surface area (Å²) in [6.07, 6.45) is 2.81. The van der Waals surface area contributed by atoms with E-state index in [9.17, 15) is 19.1 Å². The number of hydrogen-bond acceptors (Lipinski definition) is 7. The molecule has 12 heteroatoms. The number of aromatic nitrogens is 3. The van der Waals surface area contributed by atoms with Crippen LogP contribution >= 0.6 is 0 Å². The van der Waals surface area contributed by atoms with E-state index in [-0.39, 0.29) is 24.2 Å². The lowest BCUT2D eigenvalue weighted by atomic mass is 9.91. The first-order valence-electron chi connectivity index (χ1n) is 12.3. The Balaban J connectivity index is 1.61. The number of nitrogens with zero attached hydrogens (tertiary/aromatic N) is 4. The van der Waals surface area contributed by atoms with Crippen LogP contribution < -0.4 is 16.0 Å². The van der Waals surface area contributed by atoms with E-state index < -0.39 is 23.8 Å². The summed E-state index contributed by atoms with van der Waals surface area (Å²) in [4.78, 5) is 28.5. The number of carbonyl (C=O) groups is 2. The third-order valence-corrected chi connectivity index (χ3v) is 6.66. The highest BCUT2D eigenvalue weighted by Gasteiger charge is 2.28. The van der Waals surface area contributed by atoms with Gasteiger partial charge in [-0.1, -0.05) is 0 Å². The zero-order chi connectivity index (χ0) is 27.4. The van der Waals surface area contributed by atoms with Gasteiger partial charge in [-0.2, -0.15) is 10.4 Å². The second-order valence-electron chi connectivity index (χ2n) is 10.0. The number of hydrogen-bond donors (Lipinski definition) is 5. The molecule has 0 radical (unpaired) electrons. The Bertz CT molecular complexity index is 1370. The van der Waals surface area contributed by atoms with Crippen LogP contribution in [0.15, 0.2) is 36.7 Å². The van der Waals surface area contributed by atoms with Crippen molar-refractivity contribution in [2.45, 2.75) is 63.4 Å². The third kappa shape index (κ3) is 6.18. The number of halogens is 1. The first-order chi connectivity index (χ1) is 18.0. The Labute approximate surface area is 218 Å². The molecule has 1 saturated carbocycles. The molecule has 3 heterocycles. The molecule has 0 spiro atoms. The van der Waals surface area contributed by atoms with Gasteiger partial charge in [0, 0.05) is 18.3 Å². The van der Waals surface area contributed by atoms with Gasteiger partial charge in [-0.15, -0.1) is 0 Å². The van der Waals surface area contributed by atoms with Crippen LogP contribution in [0.25, 0.3) is 16.9 Å². The van der Waals surface area contributed by atoms with Crippen LogP contribution in [0, 0.1) is 11.3 Å². The summed E-state index contributed by atoms with van der Waals surface area (Å²) in [6, 6.07) is 8.97. The molecule has 1 aliphatic rings. The topological polar surface area (TPSA) is 165 Å². The Morgan fingerprint density at radius 3 is 2.58 bits per heavy atom. The van der Waals surface area contributed by atoms with Crippen molar-refractivity contribution in [3.63, 3.8) is 0 Å². The highest BCUT2D eigenvalue weighted by molar-refractivity contribution is 6.00. The van der Waals surface area contributed by atoms with Crippen molar-refractivity contribution >= 4 is 23.2 Å². The molecule has 3 aromatic heterocycles. The van der Waals surface area contributed by atoms with E-state index in [1.165, 1.54) is 26.2 Å². The van der Waals surface area contributed by atoms with Crippen molar-refractivity contribution in [1.29, 1.82) is 5.26 Å². The molecule has 5 N–H and O–H groups in total. The number of nitriles is 1. The number of aliphatic hydroxyl groups is 1. The zero-order valence-corrected chi connectivity index (χ0v) is 21.1. The molecule has 4 rings (SSSR count). The normalized spacial score (nSPS) is 18.4. The van der Waals surface area contributed by atoms with Gasteiger partial charge in [0.05, 0.1) is 52.1 Å². The lowest BCUT2D eigenvalue weighted by Crippen LogP contribution is -2.42. The van der Waals surface area contributed by atoms with E-state index in [0.29, 0.717) is 53.8 Å². The molecule has 2 amide bonds. The summed E-state index contributed by atoms with van der Waals surface area (Å²) >= 11 is 0. The lowest BCUT2D eigenvalue weighted by Gasteiger charge is -2.30. The number of amides is 2. The number of fused-ring (bicyclic) bond motifs is 1. The van der Waals surface area contributed by atoms with E-state index >= 15 is 0 Å². The van der Waals surface area contributed by atoms with Gasteiger partial charge in [-0.3, -0.25) is 9.78 Å². The summed E-state index contributed by atoms with van der Waals surface area (Å²) < 4.78 is 15.9. The van der Waals surface area contributed by atoms with Crippen LogP contribution in [-0.4, -0.2) is 67.2 Å². The van der Waals surface area contributed by atoms with Crippen molar-refractivity contribution in [2.24, 2.45) is 0 Å². The van der Waals surface area contributed by atoms with Crippen molar-refractivity contribution < 1.29 is 24.2 Å². The minimum absolute atomic E-state index is 0.0192. The number of carboxylic acid groups (broad SMARTS) is 1. The number of alkyl halides is 1. The van der Waals surface area contributed by atoms with Crippen molar-refractivity contribution in [1.82, 2.24) is 25.2 Å². The fraction of sp³-hybridized carbons (Fsp3) is 0.423. The maximum absolute atomic E-state index is 14.3. The summed E-state index contributed by atoms with van der Waals surface area (Å²) in [7, 11) is 0. The lowest BCUT2D eigenvalue weighted by molar-refractivity contribution is -0.00177. The molecular weight excluding hydrogens is 493 g/mol. The highest BCUT2D eigenvalue weighted by Crippen LogP contribution is 2.29. The number of nitrogens with one attached hydrogen (secondary N) is 3. The molecule has 0 saturated heterocycles. The summed E-state index contributed by atoms with van der Waals surface area (Å²) in [6.45, 7) is 2.29. The molecule has 200 valence electrons. The monoisotopic (exact) mass is 523 g/mol. The molecule has 3 aromatic rings. The predicted octanol–water partition coefficient (Wildman–Crippen LogP) is 3.10. The first kappa shape index (κ1) is 26.8. The quantitative estimate of drug-likeness (QED) is 0.300. The minimum atomic E-state index is -1.66. The van der Waals surface area contributed by atoms with Gasteiger partial charge in [0.1, 0.15) is 12.2 Å². The van der Waals surface area contributed by atoms with Crippen LogP contribution in [0.4, 0.5) is 14.9 Å². The second-order valence-corrected chi connectivity index (χ2v) is 10.0. The Hall–Kier alpha value is -4.24. The third-order valence-electron chi connectivity index (χ3n) is 6.66. The smallest absolute Gasteiger partial charge is 0.404 e. The molecule has 0 aliphatic heterocycles. The Morgan fingerprint density at radius 1 is 1.21 bits per heavy atom. The summed E-state index contributed by atoms with van der Waals surface area (Å²) in [5.74, 6) is -0.545. The second kappa shape index (κ2) is 11.0. The van der Waals surface area contributed by atoms with E-state index in [0.717, 1.165) is 0 Å². The van der Waals surface area contributed by atoms with Gasteiger partial charge in [-0.05, 0) is 63.8 Å². The van der Waals surface area contributed by atoms with Crippen molar-refractivity contribution in [2.75, 3.05) is 11.9 Å². The van der Waals surface area contributed by atoms with Gasteiger partial charge in [0.2, 0.25) is 0 Å². The Kier molecular flexibility index (Phi) is 7.78. The van der Waals surface area contributed by atoms with Crippen LogP contribution in [-0.2, 0) is 0 Å². The fourth-order valence-corrected chi connectivity index (χ4v) is 4.45. The van der Waals surface area contributed by atoms with Crippen LogP contribution in [0.5, 0.6) is 0 Å². The summed E-state index contributed by atoms with van der Waals surface area (Å²) in [5, 5.41) is 40.8. The van der Waals surface area contributed by atoms with Crippen LogP contribution in [0.2, 0.25) is 0 Å². The van der Waals surface area contributed by atoms with Gasteiger partial charge in [-0.25, -0.2) is 13.7 Å². The molecule has 11 nitrogen and oxygen atoms in total. The molecule has 38 heavy (non-hydrogen) atoms. The fourth-order valence-electron chi connectivity index (χ4n) is 4.45. The molecular formula is C26H30FN7O4. The van der Waals surface area contributed by atoms with Crippen molar-refractivity contribution in [3.8, 4) is 17.5 Å². The number of anilines is 1. The molecule has 1 atom stereocenters. The maximum atomic E-state index is 14.3. The summed E-state index contributed by atoms with van der Waals surface area (Å²) in [5.41, 5.74) is 1.42. The van der Waals surface area contributed by atoms with E-state index in [4.69, 9.17) is 10.4 Å². The standard InChI is InChI=1S/C26H30FN7O4/c1-26(2,38)23(27)14-30-24(35)19-13-29-21(22-8-7-18-9-15(11-28)12-31-34(18)22)10-20(19)32-16-3-5-17(6-4-16)33-25(36)37/h7-10,12-13,16-17,23,33,38H,3-6,14H2,1-2H3,(H,29,32)(H,30,35)(H,36,37)/t16?,17?,23-/m1/s1.